The highest BCUT2D eigenvalue weighted by Gasteiger charge is 2.29. The maximum atomic E-state index is 12.6. The topological polar surface area (TPSA) is 74.6 Å². The zero-order valence-electron chi connectivity index (χ0n) is 13.7. The van der Waals surface area contributed by atoms with Crippen molar-refractivity contribution in [1.82, 2.24) is 9.88 Å². The molecule has 1 aromatic carbocycles. The molecule has 0 spiro atoms. The van der Waals surface area contributed by atoms with Gasteiger partial charge in [0.25, 0.3) is 0 Å². The van der Waals surface area contributed by atoms with E-state index in [0.29, 0.717) is 5.39 Å². The van der Waals surface area contributed by atoms with Crippen LogP contribution in [0.25, 0.3) is 10.9 Å². The van der Waals surface area contributed by atoms with Crippen LogP contribution in [-0.2, 0) is 6.42 Å². The number of nitrogens with zero attached hydrogens (tertiary/aromatic N) is 2. The first-order chi connectivity index (χ1) is 11.6. The Morgan fingerprint density at radius 2 is 2.08 bits per heavy atom. The quantitative estimate of drug-likeness (QED) is 0.896. The van der Waals surface area contributed by atoms with E-state index in [-0.39, 0.29) is 17.0 Å². The fraction of sp³-hybridized carbons (Fsp3) is 0.444. The third-order valence-electron chi connectivity index (χ3n) is 5.27. The van der Waals surface area contributed by atoms with E-state index in [1.54, 1.807) is 12.3 Å². The van der Waals surface area contributed by atoms with Gasteiger partial charge in [-0.15, -0.1) is 0 Å². The van der Waals surface area contributed by atoms with Gasteiger partial charge in [-0.1, -0.05) is 6.92 Å². The van der Waals surface area contributed by atoms with Gasteiger partial charge in [0.05, 0.1) is 5.52 Å². The van der Waals surface area contributed by atoms with Crippen molar-refractivity contribution in [3.63, 3.8) is 0 Å². The number of benzene rings is 1. The van der Waals surface area contributed by atoms with Crippen molar-refractivity contribution in [2.24, 2.45) is 0 Å². The number of hydrogen-bond donors (Lipinski definition) is 2. The highest BCUT2D eigenvalue weighted by Crippen LogP contribution is 2.39. The molecule has 24 heavy (non-hydrogen) atoms. The number of carboxylic acids is 1. The number of anilines is 1. The van der Waals surface area contributed by atoms with Crippen LogP contribution in [0, 0.1) is 0 Å². The van der Waals surface area contributed by atoms with Crippen molar-refractivity contribution < 1.29 is 9.90 Å². The van der Waals surface area contributed by atoms with Crippen LogP contribution in [0.2, 0.25) is 0 Å². The number of rotatable bonds is 3. The summed E-state index contributed by atoms with van der Waals surface area (Å²) in [6.07, 6.45) is 3.31. The van der Waals surface area contributed by atoms with Crippen LogP contribution in [-0.4, -0.2) is 41.8 Å². The van der Waals surface area contributed by atoms with E-state index in [2.05, 4.69) is 17.1 Å². The summed E-state index contributed by atoms with van der Waals surface area (Å²) in [6, 6.07) is 4.02. The standard InChI is InChI=1S/C18H21N3O3/c1-2-11-9-13-15(20-7-5-19-6-8-20)4-3-12-16(13)21(11)10-14(17(12)22)18(23)24/h3-4,10-11,19H,2,5-9H2,1H3,(H,23,24). The Morgan fingerprint density at radius 3 is 2.75 bits per heavy atom. The van der Waals surface area contributed by atoms with Gasteiger partial charge >= 0.3 is 5.97 Å². The summed E-state index contributed by atoms with van der Waals surface area (Å²) in [5.74, 6) is -1.15. The number of carbonyl (C=O) groups is 1. The molecule has 1 unspecified atom stereocenters. The lowest BCUT2D eigenvalue weighted by Gasteiger charge is -2.31. The fourth-order valence-corrected chi connectivity index (χ4v) is 4.03. The summed E-state index contributed by atoms with van der Waals surface area (Å²) in [5.41, 5.74) is 2.79. The monoisotopic (exact) mass is 327 g/mol. The van der Waals surface area contributed by atoms with Gasteiger partial charge in [-0.25, -0.2) is 4.79 Å². The van der Waals surface area contributed by atoms with Gasteiger partial charge in [0.2, 0.25) is 5.43 Å². The largest absolute Gasteiger partial charge is 0.477 e. The van der Waals surface area contributed by atoms with E-state index in [1.807, 2.05) is 10.6 Å². The number of pyridine rings is 1. The molecule has 2 aliphatic rings. The fourth-order valence-electron chi connectivity index (χ4n) is 4.03. The molecule has 1 atom stereocenters. The van der Waals surface area contributed by atoms with E-state index in [4.69, 9.17) is 0 Å². The van der Waals surface area contributed by atoms with Crippen molar-refractivity contribution in [2.45, 2.75) is 25.8 Å². The van der Waals surface area contributed by atoms with Gasteiger partial charge in [0, 0.05) is 55.1 Å². The summed E-state index contributed by atoms with van der Waals surface area (Å²) < 4.78 is 2.02. The Morgan fingerprint density at radius 1 is 1.33 bits per heavy atom. The van der Waals surface area contributed by atoms with E-state index < -0.39 is 5.97 Å². The lowest BCUT2D eigenvalue weighted by molar-refractivity contribution is 0.0694. The third-order valence-corrected chi connectivity index (χ3v) is 5.27. The Bertz CT molecular complexity index is 881. The molecule has 0 bridgehead atoms. The Hall–Kier alpha value is -2.34. The molecule has 0 radical (unpaired) electrons. The van der Waals surface area contributed by atoms with E-state index >= 15 is 0 Å². The van der Waals surface area contributed by atoms with Crippen LogP contribution in [0.1, 0.15) is 35.3 Å². The minimum absolute atomic E-state index is 0.135. The van der Waals surface area contributed by atoms with Gasteiger partial charge in [-0.2, -0.15) is 0 Å². The minimum atomic E-state index is -1.15. The molecule has 0 saturated carbocycles. The zero-order chi connectivity index (χ0) is 16.8. The first kappa shape index (κ1) is 15.2. The lowest BCUT2D eigenvalue weighted by Crippen LogP contribution is -2.43. The van der Waals surface area contributed by atoms with E-state index in [9.17, 15) is 14.7 Å². The molecule has 1 saturated heterocycles. The number of aromatic nitrogens is 1. The average Bonchev–Trinajstić information content (AvgIpc) is 2.97. The summed E-state index contributed by atoms with van der Waals surface area (Å²) >= 11 is 0. The maximum Gasteiger partial charge on any atom is 0.341 e. The van der Waals surface area contributed by atoms with Gasteiger partial charge < -0.3 is 19.9 Å². The smallest absolute Gasteiger partial charge is 0.341 e. The first-order valence-corrected chi connectivity index (χ1v) is 8.51. The molecule has 1 aromatic heterocycles. The maximum absolute atomic E-state index is 12.6. The summed E-state index contributed by atoms with van der Waals surface area (Å²) in [5, 5.41) is 13.2. The summed E-state index contributed by atoms with van der Waals surface area (Å²) in [7, 11) is 0. The Balaban J connectivity index is 1.97. The SMILES string of the molecule is CCC1Cc2c(N3CCNCC3)ccc3c(=O)c(C(=O)O)cn1c23. The molecular weight excluding hydrogens is 306 g/mol. The highest BCUT2D eigenvalue weighted by molar-refractivity contribution is 5.96. The Labute approximate surface area is 139 Å². The minimum Gasteiger partial charge on any atom is -0.477 e. The van der Waals surface area contributed by atoms with Crippen LogP contribution in [0.15, 0.2) is 23.1 Å². The van der Waals surface area contributed by atoms with Crippen LogP contribution in [0.5, 0.6) is 0 Å². The van der Waals surface area contributed by atoms with Crippen LogP contribution in [0.4, 0.5) is 5.69 Å². The highest BCUT2D eigenvalue weighted by atomic mass is 16.4. The molecule has 6 heteroatoms. The van der Waals surface area contributed by atoms with Gasteiger partial charge in [-0.3, -0.25) is 4.79 Å². The summed E-state index contributed by atoms with van der Waals surface area (Å²) in [6.45, 7) is 5.92. The second-order valence-corrected chi connectivity index (χ2v) is 6.55. The van der Waals surface area contributed by atoms with Crippen molar-refractivity contribution in [3.8, 4) is 0 Å². The molecule has 1 fully saturated rings. The number of nitrogens with one attached hydrogen (secondary N) is 1. The molecule has 0 aliphatic carbocycles. The molecule has 4 rings (SSSR count). The third kappa shape index (κ3) is 2.13. The van der Waals surface area contributed by atoms with Crippen molar-refractivity contribution >= 4 is 22.6 Å². The normalized spacial score (nSPS) is 19.9. The van der Waals surface area contributed by atoms with Gasteiger partial charge in [0.1, 0.15) is 5.56 Å². The molecule has 0 amide bonds. The van der Waals surface area contributed by atoms with E-state index in [0.717, 1.165) is 44.5 Å². The van der Waals surface area contributed by atoms with Crippen molar-refractivity contribution in [3.05, 3.63) is 39.7 Å². The van der Waals surface area contributed by atoms with Crippen molar-refractivity contribution in [2.75, 3.05) is 31.1 Å². The number of piperazine rings is 1. The lowest BCUT2D eigenvalue weighted by atomic mass is 10.0. The zero-order valence-corrected chi connectivity index (χ0v) is 13.7. The number of aromatic carboxylic acids is 1. The van der Waals surface area contributed by atoms with Crippen LogP contribution >= 0.6 is 0 Å². The van der Waals surface area contributed by atoms with Crippen molar-refractivity contribution in [1.29, 1.82) is 0 Å². The second kappa shape index (κ2) is 5.63. The predicted octanol–water partition coefficient (Wildman–Crippen LogP) is 1.62. The average molecular weight is 327 g/mol. The Kier molecular flexibility index (Phi) is 3.57. The molecule has 2 aliphatic heterocycles. The molecule has 6 nitrogen and oxygen atoms in total. The second-order valence-electron chi connectivity index (χ2n) is 6.55. The molecule has 2 N–H and O–H groups in total. The van der Waals surface area contributed by atoms with E-state index in [1.165, 1.54) is 11.3 Å². The van der Waals surface area contributed by atoms with Crippen LogP contribution < -0.4 is 15.6 Å². The molecular formula is C18H21N3O3. The predicted molar refractivity (Wildman–Crippen MR) is 93.3 cm³/mol. The van der Waals surface area contributed by atoms with Gasteiger partial charge in [0.15, 0.2) is 0 Å². The number of carboxylic acid groups (broad SMARTS) is 1. The first-order valence-electron chi connectivity index (χ1n) is 8.51. The van der Waals surface area contributed by atoms with Crippen LogP contribution in [0.3, 0.4) is 0 Å². The number of hydrogen-bond acceptors (Lipinski definition) is 4. The molecule has 2 aromatic rings. The van der Waals surface area contributed by atoms with Gasteiger partial charge in [-0.05, 0) is 25.0 Å². The molecule has 126 valence electrons. The summed E-state index contributed by atoms with van der Waals surface area (Å²) in [4.78, 5) is 26.4. The molecule has 3 heterocycles.